The topological polar surface area (TPSA) is 71.1 Å². The summed E-state index contributed by atoms with van der Waals surface area (Å²) in [6.07, 6.45) is 1.44. The molecule has 5 nitrogen and oxygen atoms in total. The number of rotatable bonds is 4. The molecular weight excluding hydrogens is 362 g/mol. The minimum atomic E-state index is -0.397. The van der Waals surface area contributed by atoms with Crippen LogP contribution in [0.15, 0.2) is 60.8 Å². The Bertz CT molecular complexity index is 1020. The molecule has 136 valence electrons. The van der Waals surface area contributed by atoms with Crippen LogP contribution in [0.2, 0.25) is 5.02 Å². The molecule has 6 heteroatoms. The Balaban J connectivity index is 1.77. The zero-order chi connectivity index (χ0) is 19.4. The van der Waals surface area contributed by atoms with Gasteiger partial charge in [0.15, 0.2) is 0 Å². The zero-order valence-corrected chi connectivity index (χ0v) is 15.7. The van der Waals surface area contributed by atoms with Crippen molar-refractivity contribution < 1.29 is 9.59 Å². The first-order chi connectivity index (χ1) is 12.9. The lowest BCUT2D eigenvalue weighted by molar-refractivity contribution is 0.102. The summed E-state index contributed by atoms with van der Waals surface area (Å²) in [6, 6.07) is 15.7. The van der Waals surface area contributed by atoms with E-state index in [1.54, 1.807) is 24.3 Å². The average molecular weight is 380 g/mol. The van der Waals surface area contributed by atoms with Gasteiger partial charge in [0.25, 0.3) is 11.8 Å². The normalized spacial score (nSPS) is 10.3. The maximum atomic E-state index is 12.5. The fourth-order valence-electron chi connectivity index (χ4n) is 2.56. The molecule has 0 bridgehead atoms. The lowest BCUT2D eigenvalue weighted by Gasteiger charge is -2.10. The van der Waals surface area contributed by atoms with Crippen molar-refractivity contribution in [3.8, 4) is 0 Å². The summed E-state index contributed by atoms with van der Waals surface area (Å²) in [7, 11) is 0. The van der Waals surface area contributed by atoms with Crippen LogP contribution in [0.25, 0.3) is 0 Å². The molecule has 3 aromatic rings. The number of pyridine rings is 1. The van der Waals surface area contributed by atoms with Crippen molar-refractivity contribution >= 4 is 34.8 Å². The minimum Gasteiger partial charge on any atom is -0.322 e. The molecule has 0 atom stereocenters. The van der Waals surface area contributed by atoms with E-state index in [2.05, 4.69) is 15.6 Å². The number of hydrogen-bond acceptors (Lipinski definition) is 3. The van der Waals surface area contributed by atoms with Crippen molar-refractivity contribution in [1.29, 1.82) is 0 Å². The fraction of sp³-hybridized carbons (Fsp3) is 0.0952. The minimum absolute atomic E-state index is 0.154. The van der Waals surface area contributed by atoms with Crippen molar-refractivity contribution in [3.05, 3.63) is 88.2 Å². The van der Waals surface area contributed by atoms with Gasteiger partial charge in [0.05, 0.1) is 0 Å². The third-order valence-corrected chi connectivity index (χ3v) is 4.32. The lowest BCUT2D eigenvalue weighted by Crippen LogP contribution is -2.17. The number of nitrogens with one attached hydrogen (secondary N) is 2. The maximum absolute atomic E-state index is 12.5. The highest BCUT2D eigenvalue weighted by atomic mass is 35.5. The highest BCUT2D eigenvalue weighted by molar-refractivity contribution is 6.30. The second-order valence-electron chi connectivity index (χ2n) is 6.11. The van der Waals surface area contributed by atoms with Crippen LogP contribution < -0.4 is 10.6 Å². The van der Waals surface area contributed by atoms with Crippen molar-refractivity contribution in [2.75, 3.05) is 10.6 Å². The first-order valence-electron chi connectivity index (χ1n) is 8.34. The molecule has 2 aromatic carbocycles. The van der Waals surface area contributed by atoms with E-state index in [0.29, 0.717) is 16.3 Å². The molecular formula is C21H18ClN3O2. The first-order valence-corrected chi connectivity index (χ1v) is 8.72. The number of para-hydroxylation sites is 1. The van der Waals surface area contributed by atoms with Gasteiger partial charge >= 0.3 is 0 Å². The van der Waals surface area contributed by atoms with Crippen LogP contribution in [0.4, 0.5) is 11.4 Å². The summed E-state index contributed by atoms with van der Waals surface area (Å²) < 4.78 is 0. The Morgan fingerprint density at radius 3 is 2.30 bits per heavy atom. The first kappa shape index (κ1) is 18.6. The maximum Gasteiger partial charge on any atom is 0.274 e. The van der Waals surface area contributed by atoms with Gasteiger partial charge in [0.2, 0.25) is 0 Å². The van der Waals surface area contributed by atoms with E-state index in [-0.39, 0.29) is 11.6 Å². The van der Waals surface area contributed by atoms with Gasteiger partial charge in [-0.05, 0) is 61.4 Å². The Labute approximate surface area is 162 Å². The average Bonchev–Trinajstić information content (AvgIpc) is 2.66. The summed E-state index contributed by atoms with van der Waals surface area (Å²) in [5, 5.41) is 6.23. The van der Waals surface area contributed by atoms with E-state index in [1.165, 1.54) is 12.3 Å². The summed E-state index contributed by atoms with van der Waals surface area (Å²) in [6.45, 7) is 3.76. The van der Waals surface area contributed by atoms with Crippen LogP contribution in [0.5, 0.6) is 0 Å². The van der Waals surface area contributed by atoms with Crippen LogP contribution in [-0.2, 0) is 0 Å². The highest BCUT2D eigenvalue weighted by Gasteiger charge is 2.14. The molecule has 0 aliphatic carbocycles. The van der Waals surface area contributed by atoms with Crippen molar-refractivity contribution in [2.45, 2.75) is 13.8 Å². The van der Waals surface area contributed by atoms with Crippen molar-refractivity contribution in [3.63, 3.8) is 0 Å². The van der Waals surface area contributed by atoms with E-state index in [4.69, 9.17) is 11.6 Å². The van der Waals surface area contributed by atoms with Gasteiger partial charge < -0.3 is 10.6 Å². The molecule has 3 rings (SSSR count). The second kappa shape index (κ2) is 8.01. The number of amides is 2. The lowest BCUT2D eigenvalue weighted by atomic mass is 10.1. The molecule has 0 unspecified atom stereocenters. The monoisotopic (exact) mass is 379 g/mol. The molecule has 0 saturated heterocycles. The number of carbonyl (C=O) groups excluding carboxylic acids is 2. The van der Waals surface area contributed by atoms with Gasteiger partial charge in [-0.2, -0.15) is 0 Å². The van der Waals surface area contributed by atoms with Crippen LogP contribution in [-0.4, -0.2) is 16.8 Å². The highest BCUT2D eigenvalue weighted by Crippen LogP contribution is 2.20. The number of aryl methyl sites for hydroxylation is 2. The molecule has 0 fully saturated rings. The molecule has 0 radical (unpaired) electrons. The van der Waals surface area contributed by atoms with E-state index < -0.39 is 5.91 Å². The van der Waals surface area contributed by atoms with Crippen molar-refractivity contribution in [2.24, 2.45) is 0 Å². The fourth-order valence-corrected chi connectivity index (χ4v) is 2.78. The molecule has 0 spiro atoms. The number of carbonyl (C=O) groups is 2. The van der Waals surface area contributed by atoms with E-state index in [0.717, 1.165) is 16.8 Å². The SMILES string of the molecule is Cc1ccccc1NC(=O)c1ccnc(C(=O)Nc2ccc(Cl)cc2C)c1. The predicted molar refractivity (Wildman–Crippen MR) is 108 cm³/mol. The third kappa shape index (κ3) is 4.51. The smallest absolute Gasteiger partial charge is 0.274 e. The van der Waals surface area contributed by atoms with Crippen LogP contribution in [0.1, 0.15) is 32.0 Å². The largest absolute Gasteiger partial charge is 0.322 e. The number of hydrogen-bond donors (Lipinski definition) is 2. The van der Waals surface area contributed by atoms with Gasteiger partial charge in [-0.3, -0.25) is 14.6 Å². The number of aromatic nitrogens is 1. The summed E-state index contributed by atoms with van der Waals surface area (Å²) >= 11 is 5.93. The second-order valence-corrected chi connectivity index (χ2v) is 6.55. The molecule has 1 aromatic heterocycles. The zero-order valence-electron chi connectivity index (χ0n) is 14.9. The Kier molecular flexibility index (Phi) is 5.52. The summed E-state index contributed by atoms with van der Waals surface area (Å²) in [5.74, 6) is -0.700. The van der Waals surface area contributed by atoms with Crippen molar-refractivity contribution in [1.82, 2.24) is 4.98 Å². The molecule has 0 aliphatic rings. The Hall–Kier alpha value is -3.18. The van der Waals surface area contributed by atoms with Gasteiger partial charge in [0, 0.05) is 28.2 Å². The predicted octanol–water partition coefficient (Wildman–Crippen LogP) is 4.86. The quantitative estimate of drug-likeness (QED) is 0.680. The molecule has 1 heterocycles. The van der Waals surface area contributed by atoms with Gasteiger partial charge in [-0.1, -0.05) is 29.8 Å². The Morgan fingerprint density at radius 2 is 1.56 bits per heavy atom. The Morgan fingerprint density at radius 1 is 0.852 bits per heavy atom. The van der Waals surface area contributed by atoms with Gasteiger partial charge in [-0.15, -0.1) is 0 Å². The molecule has 27 heavy (non-hydrogen) atoms. The van der Waals surface area contributed by atoms with Crippen LogP contribution in [0, 0.1) is 13.8 Å². The van der Waals surface area contributed by atoms with E-state index in [9.17, 15) is 9.59 Å². The number of benzene rings is 2. The molecule has 2 amide bonds. The van der Waals surface area contributed by atoms with Gasteiger partial charge in [-0.25, -0.2) is 0 Å². The van der Waals surface area contributed by atoms with Crippen LogP contribution in [0.3, 0.4) is 0 Å². The molecule has 0 aliphatic heterocycles. The van der Waals surface area contributed by atoms with Crippen LogP contribution >= 0.6 is 11.6 Å². The van der Waals surface area contributed by atoms with E-state index >= 15 is 0 Å². The van der Waals surface area contributed by atoms with Gasteiger partial charge in [0.1, 0.15) is 5.69 Å². The molecule has 2 N–H and O–H groups in total. The third-order valence-electron chi connectivity index (χ3n) is 4.08. The summed E-state index contributed by atoms with van der Waals surface area (Å²) in [5.41, 5.74) is 3.66. The molecule has 0 saturated carbocycles. The summed E-state index contributed by atoms with van der Waals surface area (Å²) in [4.78, 5) is 29.1. The standard InChI is InChI=1S/C21H18ClN3O2/c1-13-5-3-4-6-17(13)24-20(26)15-9-10-23-19(12-15)21(27)25-18-8-7-16(22)11-14(18)2/h3-12H,1-2H3,(H,24,26)(H,25,27). The number of nitrogens with zero attached hydrogens (tertiary/aromatic N) is 1. The number of anilines is 2. The number of halogens is 1. The van der Waals surface area contributed by atoms with E-state index in [1.807, 2.05) is 38.1 Å².